The molecule has 1 aromatic heterocycles. The first-order chi connectivity index (χ1) is 5.39. The number of nitrogens with one attached hydrogen (secondary N) is 1. The Hall–Kier alpha value is -1.04. The normalized spacial score (nSPS) is 11.7. The molecular weight excluding hydrogens is 197 g/mol. The Bertz CT molecular complexity index is 345. The van der Waals surface area contributed by atoms with Crippen LogP contribution in [0.3, 0.4) is 0 Å². The van der Waals surface area contributed by atoms with Crippen molar-refractivity contribution in [2.45, 2.75) is 6.18 Å². The standard InChI is InChI=1S/C5H2ClF3N2O/c6-3-1-2(5(7,8)9)10-4(12)11-3/h1H,(H,10,11,12). The summed E-state index contributed by atoms with van der Waals surface area (Å²) in [5, 5.41) is -0.480. The van der Waals surface area contributed by atoms with Gasteiger partial charge in [-0.15, -0.1) is 0 Å². The van der Waals surface area contributed by atoms with Crippen LogP contribution in [0.25, 0.3) is 0 Å². The molecule has 1 aromatic rings. The van der Waals surface area contributed by atoms with Crippen molar-refractivity contribution >= 4 is 11.6 Å². The van der Waals surface area contributed by atoms with Crippen LogP contribution in [0, 0.1) is 0 Å². The largest absolute Gasteiger partial charge is 0.431 e. The van der Waals surface area contributed by atoms with Gasteiger partial charge in [-0.1, -0.05) is 11.6 Å². The number of aromatic amines is 1. The molecule has 0 amide bonds. The number of alkyl halides is 3. The second-order valence-corrected chi connectivity index (χ2v) is 2.31. The molecule has 0 aliphatic rings. The van der Waals surface area contributed by atoms with Crippen LogP contribution in [0.1, 0.15) is 5.69 Å². The lowest BCUT2D eigenvalue weighted by atomic mass is 10.4. The first kappa shape index (κ1) is 9.05. The fourth-order valence-electron chi connectivity index (χ4n) is 0.580. The lowest BCUT2D eigenvalue weighted by Gasteiger charge is -2.04. The third-order valence-corrected chi connectivity index (χ3v) is 1.21. The van der Waals surface area contributed by atoms with Crippen molar-refractivity contribution in [2.75, 3.05) is 0 Å². The summed E-state index contributed by atoms with van der Waals surface area (Å²) in [6, 6.07) is 0.545. The minimum absolute atomic E-state index is 0.480. The molecule has 0 radical (unpaired) electrons. The van der Waals surface area contributed by atoms with E-state index in [0.29, 0.717) is 6.07 Å². The predicted molar refractivity (Wildman–Crippen MR) is 34.9 cm³/mol. The Kier molecular flexibility index (Phi) is 2.10. The third kappa shape index (κ3) is 1.97. The summed E-state index contributed by atoms with van der Waals surface area (Å²) < 4.78 is 35.7. The summed E-state index contributed by atoms with van der Waals surface area (Å²) in [4.78, 5) is 14.9. The zero-order chi connectivity index (χ0) is 9.35. The van der Waals surface area contributed by atoms with Gasteiger partial charge in [-0.2, -0.15) is 18.2 Å². The lowest BCUT2D eigenvalue weighted by Crippen LogP contribution is -2.18. The van der Waals surface area contributed by atoms with E-state index in [9.17, 15) is 18.0 Å². The molecule has 1 heterocycles. The first-order valence-corrected chi connectivity index (χ1v) is 3.11. The van der Waals surface area contributed by atoms with Crippen LogP contribution < -0.4 is 5.69 Å². The maximum absolute atomic E-state index is 11.9. The lowest BCUT2D eigenvalue weighted by molar-refractivity contribution is -0.141. The maximum atomic E-state index is 11.9. The van der Waals surface area contributed by atoms with Gasteiger partial charge in [0.1, 0.15) is 10.8 Å². The van der Waals surface area contributed by atoms with Crippen molar-refractivity contribution in [3.63, 3.8) is 0 Å². The van der Waals surface area contributed by atoms with Gasteiger partial charge in [0.25, 0.3) is 0 Å². The molecule has 0 bridgehead atoms. The molecule has 0 aromatic carbocycles. The Morgan fingerprint density at radius 3 is 2.50 bits per heavy atom. The first-order valence-electron chi connectivity index (χ1n) is 2.73. The van der Waals surface area contributed by atoms with Crippen LogP contribution in [-0.4, -0.2) is 9.97 Å². The Balaban J connectivity index is 3.27. The molecule has 12 heavy (non-hydrogen) atoms. The highest BCUT2D eigenvalue weighted by molar-refractivity contribution is 6.29. The van der Waals surface area contributed by atoms with Crippen LogP contribution in [-0.2, 0) is 6.18 Å². The van der Waals surface area contributed by atoms with E-state index < -0.39 is 22.7 Å². The molecule has 0 atom stereocenters. The van der Waals surface area contributed by atoms with E-state index in [4.69, 9.17) is 11.6 Å². The van der Waals surface area contributed by atoms with Gasteiger partial charge in [0, 0.05) is 6.07 Å². The van der Waals surface area contributed by atoms with E-state index in [1.807, 2.05) is 0 Å². The summed E-state index contributed by atoms with van der Waals surface area (Å²) in [6.45, 7) is 0. The number of aromatic nitrogens is 2. The molecule has 1 N–H and O–H groups in total. The van der Waals surface area contributed by atoms with Gasteiger partial charge in [0.15, 0.2) is 0 Å². The summed E-state index contributed by atoms with van der Waals surface area (Å²) in [5.41, 5.74) is -2.32. The SMILES string of the molecule is O=c1nc(Cl)cc(C(F)(F)F)[nH]1. The molecule has 7 heteroatoms. The van der Waals surface area contributed by atoms with E-state index in [-0.39, 0.29) is 0 Å². The average Bonchev–Trinajstić information content (AvgIpc) is 1.82. The summed E-state index contributed by atoms with van der Waals surface area (Å²) in [7, 11) is 0. The van der Waals surface area contributed by atoms with Crippen LogP contribution >= 0.6 is 11.6 Å². The second kappa shape index (κ2) is 2.78. The number of hydrogen-bond acceptors (Lipinski definition) is 2. The Morgan fingerprint density at radius 2 is 2.08 bits per heavy atom. The molecule has 0 spiro atoms. The minimum atomic E-state index is -4.61. The van der Waals surface area contributed by atoms with E-state index in [0.717, 1.165) is 0 Å². The van der Waals surface area contributed by atoms with Crippen LogP contribution in [0.2, 0.25) is 5.15 Å². The van der Waals surface area contributed by atoms with Crippen LogP contribution in [0.4, 0.5) is 13.2 Å². The van der Waals surface area contributed by atoms with Crippen molar-refractivity contribution in [1.82, 2.24) is 9.97 Å². The van der Waals surface area contributed by atoms with Gasteiger partial charge in [0.05, 0.1) is 0 Å². The van der Waals surface area contributed by atoms with Crippen LogP contribution in [0.5, 0.6) is 0 Å². The van der Waals surface area contributed by atoms with Gasteiger partial charge in [0.2, 0.25) is 0 Å². The Morgan fingerprint density at radius 1 is 1.50 bits per heavy atom. The van der Waals surface area contributed by atoms with E-state index in [1.54, 1.807) is 0 Å². The van der Waals surface area contributed by atoms with E-state index in [1.165, 1.54) is 4.98 Å². The molecule has 3 nitrogen and oxygen atoms in total. The zero-order valence-corrected chi connectivity index (χ0v) is 6.20. The molecule has 0 saturated heterocycles. The second-order valence-electron chi connectivity index (χ2n) is 1.92. The molecular formula is C5H2ClF3N2O. The summed E-state index contributed by atoms with van der Waals surface area (Å²) in [5.74, 6) is 0. The molecule has 0 fully saturated rings. The zero-order valence-electron chi connectivity index (χ0n) is 5.44. The van der Waals surface area contributed by atoms with Crippen molar-refractivity contribution in [1.29, 1.82) is 0 Å². The molecule has 66 valence electrons. The van der Waals surface area contributed by atoms with Crippen molar-refractivity contribution in [3.8, 4) is 0 Å². The summed E-state index contributed by atoms with van der Waals surface area (Å²) in [6.07, 6.45) is -4.61. The number of hydrogen-bond donors (Lipinski definition) is 1. The number of nitrogens with zero attached hydrogens (tertiary/aromatic N) is 1. The number of H-pyrrole nitrogens is 1. The van der Waals surface area contributed by atoms with E-state index >= 15 is 0 Å². The van der Waals surface area contributed by atoms with Gasteiger partial charge < -0.3 is 4.98 Å². The predicted octanol–water partition coefficient (Wildman–Crippen LogP) is 1.44. The Labute approximate surface area is 69.2 Å². The maximum Gasteiger partial charge on any atom is 0.431 e. The fraction of sp³-hybridized carbons (Fsp3) is 0.200. The van der Waals surface area contributed by atoms with Crippen molar-refractivity contribution < 1.29 is 13.2 Å². The highest BCUT2D eigenvalue weighted by Crippen LogP contribution is 2.27. The number of rotatable bonds is 0. The highest BCUT2D eigenvalue weighted by atomic mass is 35.5. The third-order valence-electron chi connectivity index (χ3n) is 1.02. The van der Waals surface area contributed by atoms with Crippen molar-refractivity contribution in [3.05, 3.63) is 27.4 Å². The van der Waals surface area contributed by atoms with Gasteiger partial charge in [-0.25, -0.2) is 4.79 Å². The van der Waals surface area contributed by atoms with Gasteiger partial charge in [-0.3, -0.25) is 0 Å². The quantitative estimate of drug-likeness (QED) is 0.641. The molecule has 0 aliphatic heterocycles. The number of halogens is 4. The van der Waals surface area contributed by atoms with Crippen molar-refractivity contribution in [2.24, 2.45) is 0 Å². The van der Waals surface area contributed by atoms with Gasteiger partial charge >= 0.3 is 11.9 Å². The molecule has 0 saturated carbocycles. The topological polar surface area (TPSA) is 45.8 Å². The molecule has 1 rings (SSSR count). The minimum Gasteiger partial charge on any atom is -0.302 e. The van der Waals surface area contributed by atoms with E-state index in [2.05, 4.69) is 4.98 Å². The fourth-order valence-corrected chi connectivity index (χ4v) is 0.766. The summed E-state index contributed by atoms with van der Waals surface area (Å²) >= 11 is 5.13. The highest BCUT2D eigenvalue weighted by Gasteiger charge is 2.32. The van der Waals surface area contributed by atoms with Gasteiger partial charge in [-0.05, 0) is 0 Å². The monoisotopic (exact) mass is 198 g/mol. The molecule has 0 unspecified atom stereocenters. The van der Waals surface area contributed by atoms with Crippen LogP contribution in [0.15, 0.2) is 10.9 Å². The average molecular weight is 199 g/mol. The molecule has 0 aliphatic carbocycles. The smallest absolute Gasteiger partial charge is 0.302 e.